The summed E-state index contributed by atoms with van der Waals surface area (Å²) in [6.07, 6.45) is -0.0325. The van der Waals surface area contributed by atoms with Crippen molar-refractivity contribution in [2.24, 2.45) is 5.92 Å². The summed E-state index contributed by atoms with van der Waals surface area (Å²) in [5, 5.41) is 22.5. The molecule has 0 amide bonds. The average Bonchev–Trinajstić information content (AvgIpc) is 1.99. The Bertz CT molecular complexity index is 135. The van der Waals surface area contributed by atoms with Crippen LogP contribution in [0.25, 0.3) is 0 Å². The number of hydrogen-bond donors (Lipinski definition) is 3. The topological polar surface area (TPSA) is 52.5 Å². The first kappa shape index (κ1) is 12.9. The maximum atomic E-state index is 9.87. The van der Waals surface area contributed by atoms with Crippen LogP contribution in [-0.2, 0) is 0 Å². The molecule has 0 bridgehead atoms. The Kier molecular flexibility index (Phi) is 5.53. The first-order valence-electron chi connectivity index (χ1n) is 5.01. The highest BCUT2D eigenvalue weighted by Crippen LogP contribution is 2.21. The second kappa shape index (κ2) is 5.58. The van der Waals surface area contributed by atoms with Gasteiger partial charge >= 0.3 is 0 Å². The number of aliphatic hydroxyl groups excluding tert-OH is 1. The van der Waals surface area contributed by atoms with E-state index in [1.54, 1.807) is 6.92 Å². The van der Waals surface area contributed by atoms with E-state index in [1.165, 1.54) is 0 Å². The molecule has 0 saturated heterocycles. The molecule has 0 aromatic heterocycles. The van der Waals surface area contributed by atoms with Gasteiger partial charge < -0.3 is 15.5 Å². The van der Waals surface area contributed by atoms with Crippen LogP contribution in [0.3, 0.4) is 0 Å². The maximum Gasteiger partial charge on any atom is 0.0691 e. The third kappa shape index (κ3) is 5.24. The molecule has 0 radical (unpaired) electrons. The van der Waals surface area contributed by atoms with E-state index in [2.05, 4.69) is 5.32 Å². The molecule has 0 aromatic carbocycles. The Morgan fingerprint density at radius 2 is 1.92 bits per heavy atom. The zero-order valence-electron chi connectivity index (χ0n) is 9.17. The van der Waals surface area contributed by atoms with Gasteiger partial charge in [-0.2, -0.15) is 0 Å². The number of nitrogens with one attached hydrogen (secondary N) is 1. The Morgan fingerprint density at radius 1 is 1.38 bits per heavy atom. The van der Waals surface area contributed by atoms with E-state index in [1.807, 2.05) is 20.8 Å². The first-order valence-corrected chi connectivity index (χ1v) is 5.01. The predicted molar refractivity (Wildman–Crippen MR) is 54.6 cm³/mol. The Morgan fingerprint density at radius 3 is 2.31 bits per heavy atom. The van der Waals surface area contributed by atoms with Crippen molar-refractivity contribution in [2.45, 2.75) is 45.8 Å². The van der Waals surface area contributed by atoms with Crippen molar-refractivity contribution in [2.75, 3.05) is 13.1 Å². The molecule has 0 aliphatic carbocycles. The van der Waals surface area contributed by atoms with Gasteiger partial charge in [-0.15, -0.1) is 0 Å². The van der Waals surface area contributed by atoms with Crippen LogP contribution in [0.5, 0.6) is 0 Å². The summed E-state index contributed by atoms with van der Waals surface area (Å²) in [7, 11) is 0. The summed E-state index contributed by atoms with van der Waals surface area (Å²) in [6, 6.07) is 0. The molecule has 3 nitrogen and oxygen atoms in total. The third-order valence-electron chi connectivity index (χ3n) is 2.52. The van der Waals surface area contributed by atoms with Gasteiger partial charge in [-0.05, 0) is 19.4 Å². The third-order valence-corrected chi connectivity index (χ3v) is 2.52. The number of likely N-dealkylation sites (N-methyl/N-ethyl adjacent to an activating group) is 1. The molecule has 0 spiro atoms. The van der Waals surface area contributed by atoms with Gasteiger partial charge in [0.15, 0.2) is 0 Å². The van der Waals surface area contributed by atoms with Crippen molar-refractivity contribution in [3.63, 3.8) is 0 Å². The Balaban J connectivity index is 3.82. The van der Waals surface area contributed by atoms with Crippen LogP contribution in [0, 0.1) is 5.92 Å². The summed E-state index contributed by atoms with van der Waals surface area (Å²) < 4.78 is 0. The molecular formula is C10H23NO2. The van der Waals surface area contributed by atoms with Gasteiger partial charge in [-0.3, -0.25) is 0 Å². The minimum atomic E-state index is -0.769. The zero-order valence-corrected chi connectivity index (χ0v) is 9.17. The number of aliphatic hydroxyl groups is 2. The molecular weight excluding hydrogens is 166 g/mol. The standard InChI is InChI=1S/C10H23NO2/c1-5-11-7-9(12)6-10(4,13)8(2)3/h8-9,11-13H,5-7H2,1-4H3. The van der Waals surface area contributed by atoms with E-state index in [0.717, 1.165) is 6.54 Å². The monoisotopic (exact) mass is 189 g/mol. The smallest absolute Gasteiger partial charge is 0.0691 e. The van der Waals surface area contributed by atoms with Crippen LogP contribution < -0.4 is 5.32 Å². The lowest BCUT2D eigenvalue weighted by atomic mass is 9.87. The van der Waals surface area contributed by atoms with Crippen molar-refractivity contribution in [1.82, 2.24) is 5.32 Å². The maximum absolute atomic E-state index is 9.87. The van der Waals surface area contributed by atoms with E-state index >= 15 is 0 Å². The van der Waals surface area contributed by atoms with Crippen LogP contribution in [0.4, 0.5) is 0 Å². The van der Waals surface area contributed by atoms with E-state index in [0.29, 0.717) is 13.0 Å². The van der Waals surface area contributed by atoms with E-state index in [4.69, 9.17) is 0 Å². The van der Waals surface area contributed by atoms with Crippen molar-refractivity contribution in [3.05, 3.63) is 0 Å². The quantitative estimate of drug-likeness (QED) is 0.578. The fourth-order valence-corrected chi connectivity index (χ4v) is 1.10. The van der Waals surface area contributed by atoms with E-state index in [9.17, 15) is 10.2 Å². The number of rotatable bonds is 6. The fourth-order valence-electron chi connectivity index (χ4n) is 1.10. The zero-order chi connectivity index (χ0) is 10.5. The lowest BCUT2D eigenvalue weighted by Crippen LogP contribution is -2.39. The molecule has 3 N–H and O–H groups in total. The molecule has 0 aliphatic rings. The van der Waals surface area contributed by atoms with Crippen molar-refractivity contribution < 1.29 is 10.2 Å². The van der Waals surface area contributed by atoms with Crippen LogP contribution in [0.15, 0.2) is 0 Å². The summed E-state index contributed by atoms with van der Waals surface area (Å²) in [6.45, 7) is 9.08. The molecule has 0 aliphatic heterocycles. The van der Waals surface area contributed by atoms with Gasteiger partial charge in [0.05, 0.1) is 11.7 Å². The van der Waals surface area contributed by atoms with Crippen LogP contribution in [0.2, 0.25) is 0 Å². The van der Waals surface area contributed by atoms with Crippen molar-refractivity contribution in [3.8, 4) is 0 Å². The molecule has 0 fully saturated rings. The van der Waals surface area contributed by atoms with Gasteiger partial charge in [0.1, 0.15) is 0 Å². The second-order valence-electron chi connectivity index (χ2n) is 4.18. The van der Waals surface area contributed by atoms with Crippen molar-refractivity contribution >= 4 is 0 Å². The fraction of sp³-hybridized carbons (Fsp3) is 1.00. The Labute approximate surface area is 81.2 Å². The van der Waals surface area contributed by atoms with Crippen molar-refractivity contribution in [1.29, 1.82) is 0 Å². The normalized spacial score (nSPS) is 18.7. The molecule has 3 heteroatoms. The van der Waals surface area contributed by atoms with Crippen LogP contribution in [-0.4, -0.2) is 35.0 Å². The van der Waals surface area contributed by atoms with Gasteiger partial charge in [0, 0.05) is 13.0 Å². The van der Waals surface area contributed by atoms with E-state index < -0.39 is 11.7 Å². The van der Waals surface area contributed by atoms with Gasteiger partial charge in [-0.25, -0.2) is 0 Å². The minimum absolute atomic E-state index is 0.170. The molecule has 0 aromatic rings. The lowest BCUT2D eigenvalue weighted by Gasteiger charge is -2.30. The summed E-state index contributed by atoms with van der Waals surface area (Å²) in [5.41, 5.74) is -0.769. The first-order chi connectivity index (χ1) is 5.90. The van der Waals surface area contributed by atoms with Crippen LogP contribution in [0.1, 0.15) is 34.1 Å². The molecule has 80 valence electrons. The highest BCUT2D eigenvalue weighted by molar-refractivity contribution is 4.80. The molecule has 13 heavy (non-hydrogen) atoms. The van der Waals surface area contributed by atoms with Gasteiger partial charge in [0.2, 0.25) is 0 Å². The van der Waals surface area contributed by atoms with Crippen LogP contribution >= 0.6 is 0 Å². The molecule has 0 rings (SSSR count). The van der Waals surface area contributed by atoms with Gasteiger partial charge in [0.25, 0.3) is 0 Å². The SMILES string of the molecule is CCNCC(O)CC(C)(O)C(C)C. The van der Waals surface area contributed by atoms with E-state index in [-0.39, 0.29) is 5.92 Å². The average molecular weight is 189 g/mol. The molecule has 2 unspecified atom stereocenters. The highest BCUT2D eigenvalue weighted by Gasteiger charge is 2.27. The lowest BCUT2D eigenvalue weighted by molar-refractivity contribution is -0.0302. The highest BCUT2D eigenvalue weighted by atomic mass is 16.3. The summed E-state index contributed by atoms with van der Waals surface area (Å²) in [4.78, 5) is 0. The molecule has 2 atom stereocenters. The summed E-state index contributed by atoms with van der Waals surface area (Å²) in [5.74, 6) is 0.170. The minimum Gasteiger partial charge on any atom is -0.392 e. The molecule has 0 saturated carbocycles. The molecule has 0 heterocycles. The number of hydrogen-bond acceptors (Lipinski definition) is 3. The second-order valence-corrected chi connectivity index (χ2v) is 4.18. The predicted octanol–water partition coefficient (Wildman–Crippen LogP) is 0.754. The largest absolute Gasteiger partial charge is 0.392 e. The Hall–Kier alpha value is -0.120. The summed E-state index contributed by atoms with van der Waals surface area (Å²) >= 11 is 0. The van der Waals surface area contributed by atoms with Gasteiger partial charge in [-0.1, -0.05) is 20.8 Å².